The van der Waals surface area contributed by atoms with E-state index in [1.165, 1.54) is 6.07 Å². The van der Waals surface area contributed by atoms with Crippen LogP contribution in [0.1, 0.15) is 81.6 Å². The van der Waals surface area contributed by atoms with Crippen molar-refractivity contribution < 1.29 is 19.0 Å². The highest BCUT2D eigenvalue weighted by Gasteiger charge is 2.35. The average molecular weight is 677 g/mol. The van der Waals surface area contributed by atoms with Gasteiger partial charge in [0.2, 0.25) is 0 Å². The van der Waals surface area contributed by atoms with Gasteiger partial charge in [0.1, 0.15) is 11.4 Å². The number of carboxylic acids is 1. The van der Waals surface area contributed by atoms with Crippen LogP contribution in [0.5, 0.6) is 11.5 Å². The van der Waals surface area contributed by atoms with Crippen molar-refractivity contribution in [1.29, 1.82) is 0 Å². The van der Waals surface area contributed by atoms with Gasteiger partial charge in [-0.1, -0.05) is 63.1 Å². The maximum atomic E-state index is 15.8. The number of ether oxygens (including phenoxy) is 1. The minimum absolute atomic E-state index is 0.104. The van der Waals surface area contributed by atoms with Gasteiger partial charge < -0.3 is 14.8 Å². The standard InChI is InChI=1S/C38H41FN8O3/c1-23(35(48)49)17-24-9-8-10-25(18-24)38(4)14-7-6-13-37(2,3)32-22-47(45-43-32)21-28-27-12-16-40-30(27)20-29(39)33(28)50-26-11-15-41-31(19-26)34-42-36(38)44-46(34)5/h8-12,15-16,18-20,22-23,40H,6-7,13-14,17,21H2,1-5H3,(H,48,49)/t23-,38+/m0/s1. The van der Waals surface area contributed by atoms with E-state index >= 15 is 4.39 Å². The van der Waals surface area contributed by atoms with Gasteiger partial charge in [0.15, 0.2) is 23.2 Å². The highest BCUT2D eigenvalue weighted by molar-refractivity contribution is 5.85. The molecular formula is C38H41FN8O3. The molecule has 0 saturated carbocycles. The van der Waals surface area contributed by atoms with E-state index in [9.17, 15) is 9.90 Å². The molecule has 0 spiro atoms. The highest BCUT2D eigenvalue weighted by atomic mass is 19.1. The molecule has 0 fully saturated rings. The van der Waals surface area contributed by atoms with Crippen LogP contribution < -0.4 is 4.74 Å². The van der Waals surface area contributed by atoms with Gasteiger partial charge in [-0.05, 0) is 49.4 Å². The Bertz CT molecular complexity index is 2200. The number of hydrogen-bond acceptors (Lipinski definition) is 7. The van der Waals surface area contributed by atoms with Crippen molar-refractivity contribution in [2.24, 2.45) is 13.0 Å². The zero-order valence-electron chi connectivity index (χ0n) is 28.9. The normalized spacial score (nSPS) is 18.4. The number of aryl methyl sites for hydroxylation is 1. The Morgan fingerprint density at radius 3 is 2.76 bits per heavy atom. The number of fused-ring (bicyclic) bond motifs is 10. The van der Waals surface area contributed by atoms with Crippen LogP contribution in [-0.4, -0.2) is 50.8 Å². The number of rotatable bonds is 4. The Morgan fingerprint density at radius 1 is 1.12 bits per heavy atom. The molecule has 2 atom stereocenters. The lowest BCUT2D eigenvalue weighted by Crippen LogP contribution is -2.26. The Kier molecular flexibility index (Phi) is 8.49. The molecular weight excluding hydrogens is 635 g/mol. The molecule has 0 aliphatic carbocycles. The van der Waals surface area contributed by atoms with E-state index in [1.807, 2.05) is 31.4 Å². The first kappa shape index (κ1) is 33.1. The molecule has 1 aliphatic rings. The molecule has 6 bridgehead atoms. The van der Waals surface area contributed by atoms with E-state index in [0.717, 1.165) is 47.9 Å². The summed E-state index contributed by atoms with van der Waals surface area (Å²) >= 11 is 0. The molecule has 0 radical (unpaired) electrons. The Balaban J connectivity index is 1.34. The van der Waals surface area contributed by atoms with Crippen LogP contribution in [0.2, 0.25) is 0 Å². The van der Waals surface area contributed by atoms with Crippen molar-refractivity contribution in [2.45, 2.75) is 77.2 Å². The molecule has 50 heavy (non-hydrogen) atoms. The smallest absolute Gasteiger partial charge is 0.306 e. The minimum atomic E-state index is -0.824. The van der Waals surface area contributed by atoms with E-state index < -0.39 is 23.1 Å². The molecule has 5 heterocycles. The summed E-state index contributed by atoms with van der Waals surface area (Å²) in [5.74, 6) is -0.155. The molecule has 2 aromatic carbocycles. The van der Waals surface area contributed by atoms with Crippen LogP contribution in [0.15, 0.2) is 67.1 Å². The first-order valence-corrected chi connectivity index (χ1v) is 17.0. The minimum Gasteiger partial charge on any atom is -0.481 e. The third-order valence-electron chi connectivity index (χ3n) is 10.1. The molecule has 0 saturated heterocycles. The molecule has 12 heteroatoms. The van der Waals surface area contributed by atoms with Gasteiger partial charge in [-0.15, -0.1) is 5.10 Å². The van der Waals surface area contributed by atoms with Crippen molar-refractivity contribution in [3.63, 3.8) is 0 Å². The number of carboxylic acid groups (broad SMARTS) is 1. The molecule has 7 rings (SSSR count). The molecule has 4 aromatic heterocycles. The van der Waals surface area contributed by atoms with Gasteiger partial charge >= 0.3 is 5.97 Å². The maximum Gasteiger partial charge on any atom is 0.306 e. The largest absolute Gasteiger partial charge is 0.481 e. The van der Waals surface area contributed by atoms with Crippen LogP contribution in [0.25, 0.3) is 22.4 Å². The van der Waals surface area contributed by atoms with E-state index in [2.05, 4.69) is 53.2 Å². The number of halogens is 1. The number of nitrogens with zero attached hydrogens (tertiary/aromatic N) is 7. The first-order chi connectivity index (χ1) is 23.9. The molecule has 11 nitrogen and oxygen atoms in total. The van der Waals surface area contributed by atoms with E-state index in [-0.39, 0.29) is 17.7 Å². The van der Waals surface area contributed by atoms with Gasteiger partial charge in [0.25, 0.3) is 0 Å². The average Bonchev–Trinajstić information content (AvgIpc) is 3.85. The second-order valence-electron chi connectivity index (χ2n) is 14.3. The van der Waals surface area contributed by atoms with Gasteiger partial charge in [-0.2, -0.15) is 5.10 Å². The maximum absolute atomic E-state index is 15.8. The third-order valence-corrected chi connectivity index (χ3v) is 10.1. The lowest BCUT2D eigenvalue weighted by Gasteiger charge is -2.29. The molecule has 0 unspecified atom stereocenters. The van der Waals surface area contributed by atoms with Gasteiger partial charge in [0, 0.05) is 59.7 Å². The lowest BCUT2D eigenvalue weighted by atomic mass is 9.75. The van der Waals surface area contributed by atoms with Crippen molar-refractivity contribution >= 4 is 16.9 Å². The molecule has 0 amide bonds. The number of nitrogens with one attached hydrogen (secondary N) is 1. The third kappa shape index (κ3) is 6.25. The predicted octanol–water partition coefficient (Wildman–Crippen LogP) is 7.35. The summed E-state index contributed by atoms with van der Waals surface area (Å²) in [6.07, 6.45) is 9.19. The van der Waals surface area contributed by atoms with E-state index in [4.69, 9.17) is 14.8 Å². The van der Waals surface area contributed by atoms with Crippen molar-refractivity contribution in [1.82, 2.24) is 39.7 Å². The van der Waals surface area contributed by atoms with Crippen LogP contribution >= 0.6 is 0 Å². The van der Waals surface area contributed by atoms with Crippen molar-refractivity contribution in [3.8, 4) is 23.0 Å². The summed E-state index contributed by atoms with van der Waals surface area (Å²) in [5, 5.41) is 24.4. The fraction of sp³-hybridized carbons (Fsp3) is 0.368. The van der Waals surface area contributed by atoms with Crippen molar-refractivity contribution in [3.05, 3.63) is 101 Å². The number of pyridine rings is 1. The van der Waals surface area contributed by atoms with Crippen molar-refractivity contribution in [2.75, 3.05) is 0 Å². The van der Waals surface area contributed by atoms with E-state index in [1.54, 1.807) is 40.8 Å². The molecule has 1 aliphatic heterocycles. The second kappa shape index (κ2) is 12.8. The van der Waals surface area contributed by atoms with Crippen LogP contribution in [0.4, 0.5) is 4.39 Å². The number of carbonyl (C=O) groups is 1. The number of H-pyrrole nitrogens is 1. The summed E-state index contributed by atoms with van der Waals surface area (Å²) in [7, 11) is 1.84. The SMILES string of the molecule is C[C@@H](Cc1cccc([C@@]2(C)CCCCC(C)(C)c3cn(nn3)Cc3c(c(F)cc4[nH]ccc34)Oc3ccnc(c3)-c3nc2nn3C)c1)C(=O)O. The molecule has 6 aromatic rings. The second-order valence-corrected chi connectivity index (χ2v) is 14.3. The summed E-state index contributed by atoms with van der Waals surface area (Å²) in [4.78, 5) is 24.5. The Labute approximate surface area is 289 Å². The number of aliphatic carboxylic acids is 1. The number of hydrogen-bond donors (Lipinski definition) is 2. The first-order valence-electron chi connectivity index (χ1n) is 17.0. The van der Waals surface area contributed by atoms with E-state index in [0.29, 0.717) is 40.6 Å². The highest BCUT2D eigenvalue weighted by Crippen LogP contribution is 2.40. The molecule has 258 valence electrons. The van der Waals surface area contributed by atoms with Crippen LogP contribution in [0, 0.1) is 11.7 Å². The van der Waals surface area contributed by atoms with Crippen LogP contribution in [0.3, 0.4) is 0 Å². The van der Waals surface area contributed by atoms with Crippen LogP contribution in [-0.2, 0) is 35.6 Å². The lowest BCUT2D eigenvalue weighted by molar-refractivity contribution is -0.141. The van der Waals surface area contributed by atoms with Gasteiger partial charge in [0.05, 0.1) is 23.6 Å². The fourth-order valence-corrected chi connectivity index (χ4v) is 6.94. The summed E-state index contributed by atoms with van der Waals surface area (Å²) in [5.41, 5.74) is 3.80. The number of benzene rings is 2. The molecule has 2 N–H and O–H groups in total. The summed E-state index contributed by atoms with van der Waals surface area (Å²) in [6, 6.07) is 14.9. The Hall–Kier alpha value is -5.39. The summed E-state index contributed by atoms with van der Waals surface area (Å²) in [6.45, 7) is 8.48. The Morgan fingerprint density at radius 2 is 1.94 bits per heavy atom. The summed E-state index contributed by atoms with van der Waals surface area (Å²) < 4.78 is 25.6. The fourth-order valence-electron chi connectivity index (χ4n) is 6.94. The number of aromatic nitrogens is 8. The quantitative estimate of drug-likeness (QED) is 0.198. The monoisotopic (exact) mass is 676 g/mol. The van der Waals surface area contributed by atoms with Gasteiger partial charge in [-0.25, -0.2) is 18.7 Å². The van der Waals surface area contributed by atoms with Gasteiger partial charge in [-0.3, -0.25) is 9.78 Å². The predicted molar refractivity (Wildman–Crippen MR) is 187 cm³/mol. The number of aromatic amines is 1. The zero-order valence-corrected chi connectivity index (χ0v) is 28.9. The topological polar surface area (TPSA) is 137 Å². The zero-order chi connectivity index (χ0) is 35.2.